The van der Waals surface area contributed by atoms with Gasteiger partial charge >= 0.3 is 0 Å². The summed E-state index contributed by atoms with van der Waals surface area (Å²) in [6.07, 6.45) is 3.21. The first-order valence-electron chi connectivity index (χ1n) is 8.51. The molecule has 0 heterocycles. The molecule has 0 aliphatic heterocycles. The van der Waals surface area contributed by atoms with Gasteiger partial charge in [-0.3, -0.25) is 10.1 Å². The molecule has 4 nitrogen and oxygen atoms in total. The minimum atomic E-state index is -0.282. The van der Waals surface area contributed by atoms with Crippen molar-refractivity contribution in [1.29, 1.82) is 0 Å². The Morgan fingerprint density at radius 1 is 1.08 bits per heavy atom. The average Bonchev–Trinajstić information content (AvgIpc) is 2.61. The molecule has 1 amide bonds. The SMILES string of the molecule is CCCCCOc1ccccc1C(=O)NC(=S)Nc1ccc(C)cc1. The number of amides is 1. The molecule has 0 aromatic heterocycles. The summed E-state index contributed by atoms with van der Waals surface area (Å²) < 4.78 is 5.75. The normalized spacial score (nSPS) is 10.2. The van der Waals surface area contributed by atoms with Crippen LogP contribution in [0.5, 0.6) is 5.75 Å². The van der Waals surface area contributed by atoms with Gasteiger partial charge in [0.05, 0.1) is 12.2 Å². The molecule has 0 bridgehead atoms. The highest BCUT2D eigenvalue weighted by atomic mass is 32.1. The standard InChI is InChI=1S/C20H24N2O2S/c1-3-4-7-14-24-18-9-6-5-8-17(18)19(23)22-20(25)21-16-12-10-15(2)11-13-16/h5-6,8-13H,3-4,7,14H2,1-2H3,(H2,21,22,23,25). The zero-order chi connectivity index (χ0) is 18.1. The number of anilines is 1. The van der Waals surface area contributed by atoms with Crippen LogP contribution in [0, 0.1) is 6.92 Å². The molecular weight excluding hydrogens is 332 g/mol. The first kappa shape index (κ1) is 18.9. The first-order valence-corrected chi connectivity index (χ1v) is 8.92. The lowest BCUT2D eigenvalue weighted by atomic mass is 10.2. The van der Waals surface area contributed by atoms with Gasteiger partial charge in [-0.2, -0.15) is 0 Å². The summed E-state index contributed by atoms with van der Waals surface area (Å²) in [6.45, 7) is 4.76. The van der Waals surface area contributed by atoms with Crippen molar-refractivity contribution < 1.29 is 9.53 Å². The third-order valence-corrected chi connectivity index (χ3v) is 3.88. The van der Waals surface area contributed by atoms with Crippen molar-refractivity contribution >= 4 is 28.9 Å². The van der Waals surface area contributed by atoms with Crippen molar-refractivity contribution in [3.05, 3.63) is 59.7 Å². The lowest BCUT2D eigenvalue weighted by Crippen LogP contribution is -2.34. The predicted molar refractivity (Wildman–Crippen MR) is 106 cm³/mol. The zero-order valence-electron chi connectivity index (χ0n) is 14.7. The van der Waals surface area contributed by atoms with Gasteiger partial charge in [0.15, 0.2) is 5.11 Å². The van der Waals surface area contributed by atoms with Gasteiger partial charge in [0.25, 0.3) is 5.91 Å². The Hall–Kier alpha value is -2.40. The molecule has 0 aliphatic rings. The lowest BCUT2D eigenvalue weighted by Gasteiger charge is -2.13. The fraction of sp³-hybridized carbons (Fsp3) is 0.300. The van der Waals surface area contributed by atoms with Gasteiger partial charge in [0, 0.05) is 5.69 Å². The molecular formula is C20H24N2O2S. The summed E-state index contributed by atoms with van der Waals surface area (Å²) in [5.74, 6) is 0.296. The number of ether oxygens (including phenoxy) is 1. The number of thiocarbonyl (C=S) groups is 1. The number of carbonyl (C=O) groups excluding carboxylic acids is 1. The van der Waals surface area contributed by atoms with E-state index < -0.39 is 0 Å². The molecule has 0 unspecified atom stereocenters. The summed E-state index contributed by atoms with van der Waals surface area (Å²) in [4.78, 5) is 12.5. The van der Waals surface area contributed by atoms with Crippen LogP contribution in [0.15, 0.2) is 48.5 Å². The molecule has 2 N–H and O–H groups in total. The minimum absolute atomic E-state index is 0.259. The molecule has 2 rings (SSSR count). The monoisotopic (exact) mass is 356 g/mol. The Morgan fingerprint density at radius 2 is 1.80 bits per heavy atom. The summed E-state index contributed by atoms with van der Waals surface area (Å²) in [6, 6.07) is 15.0. The van der Waals surface area contributed by atoms with Crippen molar-refractivity contribution in [3.63, 3.8) is 0 Å². The summed E-state index contributed by atoms with van der Waals surface area (Å²) in [5, 5.41) is 5.97. The third kappa shape index (κ3) is 6.19. The van der Waals surface area contributed by atoms with E-state index in [1.807, 2.05) is 43.3 Å². The Morgan fingerprint density at radius 3 is 2.52 bits per heavy atom. The van der Waals surface area contributed by atoms with Gasteiger partial charge in [-0.25, -0.2) is 0 Å². The second-order valence-corrected chi connectivity index (χ2v) is 6.23. The number of hydrogen-bond donors (Lipinski definition) is 2. The molecule has 25 heavy (non-hydrogen) atoms. The van der Waals surface area contributed by atoms with Crippen LogP contribution in [0.2, 0.25) is 0 Å². The van der Waals surface area contributed by atoms with E-state index in [-0.39, 0.29) is 11.0 Å². The molecule has 0 atom stereocenters. The van der Waals surface area contributed by atoms with Crippen molar-refractivity contribution in [2.24, 2.45) is 0 Å². The van der Waals surface area contributed by atoms with E-state index in [4.69, 9.17) is 17.0 Å². The van der Waals surface area contributed by atoms with Crippen LogP contribution in [0.4, 0.5) is 5.69 Å². The van der Waals surface area contributed by atoms with Crippen LogP contribution < -0.4 is 15.4 Å². The number of para-hydroxylation sites is 1. The topological polar surface area (TPSA) is 50.4 Å². The van der Waals surface area contributed by atoms with Crippen LogP contribution >= 0.6 is 12.2 Å². The maximum absolute atomic E-state index is 12.5. The van der Waals surface area contributed by atoms with Crippen molar-refractivity contribution in [1.82, 2.24) is 5.32 Å². The number of hydrogen-bond acceptors (Lipinski definition) is 3. The molecule has 0 aliphatic carbocycles. The summed E-state index contributed by atoms with van der Waals surface area (Å²) in [5.41, 5.74) is 2.47. The van der Waals surface area contributed by atoms with E-state index >= 15 is 0 Å². The fourth-order valence-electron chi connectivity index (χ4n) is 2.28. The van der Waals surface area contributed by atoms with E-state index in [1.165, 1.54) is 0 Å². The molecule has 132 valence electrons. The second kappa shape index (κ2) is 9.79. The van der Waals surface area contributed by atoms with Gasteiger partial charge in [0.2, 0.25) is 0 Å². The van der Waals surface area contributed by atoms with Crippen molar-refractivity contribution in [2.45, 2.75) is 33.1 Å². The number of nitrogens with one attached hydrogen (secondary N) is 2. The van der Waals surface area contributed by atoms with Crippen LogP contribution in [0.1, 0.15) is 42.1 Å². The predicted octanol–water partition coefficient (Wildman–Crippen LogP) is 4.69. The number of rotatable bonds is 7. The average molecular weight is 356 g/mol. The molecule has 2 aromatic carbocycles. The highest BCUT2D eigenvalue weighted by Crippen LogP contribution is 2.18. The van der Waals surface area contributed by atoms with E-state index in [1.54, 1.807) is 12.1 Å². The van der Waals surface area contributed by atoms with E-state index in [0.717, 1.165) is 30.5 Å². The lowest BCUT2D eigenvalue weighted by molar-refractivity contribution is 0.0973. The highest BCUT2D eigenvalue weighted by molar-refractivity contribution is 7.80. The fourth-order valence-corrected chi connectivity index (χ4v) is 2.49. The highest BCUT2D eigenvalue weighted by Gasteiger charge is 2.13. The smallest absolute Gasteiger partial charge is 0.261 e. The van der Waals surface area contributed by atoms with Gasteiger partial charge < -0.3 is 10.1 Å². The van der Waals surface area contributed by atoms with E-state index in [9.17, 15) is 4.79 Å². The second-order valence-electron chi connectivity index (χ2n) is 5.83. The van der Waals surface area contributed by atoms with Crippen LogP contribution in [-0.4, -0.2) is 17.6 Å². The van der Waals surface area contributed by atoms with Gasteiger partial charge in [-0.15, -0.1) is 0 Å². The third-order valence-electron chi connectivity index (χ3n) is 3.67. The largest absolute Gasteiger partial charge is 0.493 e. The molecule has 5 heteroatoms. The van der Waals surface area contributed by atoms with Gasteiger partial charge in [-0.05, 0) is 49.8 Å². The van der Waals surface area contributed by atoms with E-state index in [0.29, 0.717) is 17.9 Å². The number of carbonyl (C=O) groups is 1. The minimum Gasteiger partial charge on any atom is -0.493 e. The molecule has 0 fully saturated rings. The van der Waals surface area contributed by atoms with Gasteiger partial charge in [-0.1, -0.05) is 49.6 Å². The van der Waals surface area contributed by atoms with E-state index in [2.05, 4.69) is 17.6 Å². The number of unbranched alkanes of at least 4 members (excludes halogenated alkanes) is 2. The Kier molecular flexibility index (Phi) is 7.41. The summed E-state index contributed by atoms with van der Waals surface area (Å²) >= 11 is 5.23. The molecule has 0 saturated carbocycles. The molecule has 2 aromatic rings. The van der Waals surface area contributed by atoms with Gasteiger partial charge in [0.1, 0.15) is 5.75 Å². The Bertz CT molecular complexity index is 714. The van der Waals surface area contributed by atoms with Crippen molar-refractivity contribution in [3.8, 4) is 5.75 Å². The maximum Gasteiger partial charge on any atom is 0.261 e. The maximum atomic E-state index is 12.5. The van der Waals surface area contributed by atoms with Crippen LogP contribution in [0.3, 0.4) is 0 Å². The Balaban J connectivity index is 1.95. The first-order chi connectivity index (χ1) is 12.1. The number of aryl methyl sites for hydroxylation is 1. The Labute approximate surface area is 154 Å². The summed E-state index contributed by atoms with van der Waals surface area (Å²) in [7, 11) is 0. The van der Waals surface area contributed by atoms with Crippen LogP contribution in [-0.2, 0) is 0 Å². The molecule has 0 saturated heterocycles. The zero-order valence-corrected chi connectivity index (χ0v) is 15.5. The quantitative estimate of drug-likeness (QED) is 0.558. The molecule has 0 radical (unpaired) electrons. The van der Waals surface area contributed by atoms with Crippen LogP contribution in [0.25, 0.3) is 0 Å². The van der Waals surface area contributed by atoms with Crippen molar-refractivity contribution in [2.75, 3.05) is 11.9 Å². The molecule has 0 spiro atoms. The number of benzene rings is 2.